The molecule has 3 rings (SSSR count). The maximum atomic E-state index is 13.0. The standard InChI is InChI=1S/C17H15ClFNO2S/c18-13-3-7-15(8-4-13)22-11-16(21)20-9-10-23-17(20)12-1-5-14(19)6-2-12/h1-8,17H,9-11H2. The summed E-state index contributed by atoms with van der Waals surface area (Å²) in [7, 11) is 0. The highest BCUT2D eigenvalue weighted by atomic mass is 35.5. The fourth-order valence-electron chi connectivity index (χ4n) is 2.39. The van der Waals surface area contributed by atoms with E-state index in [0.717, 1.165) is 11.3 Å². The van der Waals surface area contributed by atoms with Crippen molar-refractivity contribution in [2.75, 3.05) is 18.9 Å². The first-order valence-electron chi connectivity index (χ1n) is 7.18. The van der Waals surface area contributed by atoms with Crippen LogP contribution in [0.5, 0.6) is 5.75 Å². The second kappa shape index (κ2) is 7.23. The molecule has 1 atom stereocenters. The third kappa shape index (κ3) is 3.98. The molecule has 1 aliphatic heterocycles. The summed E-state index contributed by atoms with van der Waals surface area (Å²) in [6.45, 7) is 0.634. The van der Waals surface area contributed by atoms with Crippen LogP contribution in [0.25, 0.3) is 0 Å². The Labute approximate surface area is 143 Å². The van der Waals surface area contributed by atoms with Gasteiger partial charge in [0.15, 0.2) is 6.61 Å². The normalized spacial score (nSPS) is 17.3. The largest absolute Gasteiger partial charge is 0.484 e. The molecule has 0 saturated carbocycles. The molecule has 1 saturated heterocycles. The number of halogens is 2. The molecule has 2 aromatic rings. The van der Waals surface area contributed by atoms with Crippen LogP contribution < -0.4 is 4.74 Å². The smallest absolute Gasteiger partial charge is 0.261 e. The second-order valence-corrected chi connectivity index (χ2v) is 6.73. The molecule has 1 heterocycles. The van der Waals surface area contributed by atoms with Gasteiger partial charge in [-0.25, -0.2) is 4.39 Å². The van der Waals surface area contributed by atoms with Gasteiger partial charge in [0.1, 0.15) is 16.9 Å². The first-order valence-corrected chi connectivity index (χ1v) is 8.61. The maximum Gasteiger partial charge on any atom is 0.261 e. The summed E-state index contributed by atoms with van der Waals surface area (Å²) in [5.41, 5.74) is 0.925. The summed E-state index contributed by atoms with van der Waals surface area (Å²) in [5, 5.41) is 0.535. The van der Waals surface area contributed by atoms with Gasteiger partial charge in [-0.2, -0.15) is 0 Å². The van der Waals surface area contributed by atoms with E-state index in [0.29, 0.717) is 17.3 Å². The number of nitrogens with zero attached hydrogens (tertiary/aromatic N) is 1. The van der Waals surface area contributed by atoms with Gasteiger partial charge in [-0.3, -0.25) is 4.79 Å². The Bertz CT molecular complexity index is 678. The Morgan fingerprint density at radius 2 is 1.91 bits per heavy atom. The van der Waals surface area contributed by atoms with E-state index >= 15 is 0 Å². The van der Waals surface area contributed by atoms with Crippen LogP contribution in [0.3, 0.4) is 0 Å². The van der Waals surface area contributed by atoms with Crippen molar-refractivity contribution in [2.24, 2.45) is 0 Å². The van der Waals surface area contributed by atoms with Crippen molar-refractivity contribution in [2.45, 2.75) is 5.37 Å². The molecule has 0 aromatic heterocycles. The lowest BCUT2D eigenvalue weighted by Crippen LogP contribution is -2.34. The number of benzene rings is 2. The zero-order valence-electron chi connectivity index (χ0n) is 12.2. The van der Waals surface area contributed by atoms with E-state index in [1.54, 1.807) is 53.1 Å². The highest BCUT2D eigenvalue weighted by molar-refractivity contribution is 7.99. The number of rotatable bonds is 4. The zero-order chi connectivity index (χ0) is 16.2. The molecule has 1 amide bonds. The molecule has 1 unspecified atom stereocenters. The van der Waals surface area contributed by atoms with Crippen molar-refractivity contribution in [3.63, 3.8) is 0 Å². The van der Waals surface area contributed by atoms with E-state index in [2.05, 4.69) is 0 Å². The summed E-state index contributed by atoms with van der Waals surface area (Å²) in [6.07, 6.45) is 0. The summed E-state index contributed by atoms with van der Waals surface area (Å²) in [5.74, 6) is 1.10. The highest BCUT2D eigenvalue weighted by Gasteiger charge is 2.30. The van der Waals surface area contributed by atoms with Gasteiger partial charge in [0, 0.05) is 17.3 Å². The lowest BCUT2D eigenvalue weighted by atomic mass is 10.2. The number of carbonyl (C=O) groups is 1. The van der Waals surface area contributed by atoms with Gasteiger partial charge in [-0.1, -0.05) is 23.7 Å². The van der Waals surface area contributed by atoms with Crippen LogP contribution in [-0.2, 0) is 4.79 Å². The number of hydrogen-bond donors (Lipinski definition) is 0. The minimum absolute atomic E-state index is 0.0279. The molecule has 0 bridgehead atoms. The minimum Gasteiger partial charge on any atom is -0.484 e. The molecule has 2 aromatic carbocycles. The quantitative estimate of drug-likeness (QED) is 0.829. The lowest BCUT2D eigenvalue weighted by molar-refractivity contribution is -0.133. The Morgan fingerprint density at radius 3 is 2.61 bits per heavy atom. The molecule has 1 fully saturated rings. The van der Waals surface area contributed by atoms with Crippen molar-refractivity contribution in [3.05, 3.63) is 64.9 Å². The molecule has 0 radical (unpaired) electrons. The van der Waals surface area contributed by atoms with Crippen molar-refractivity contribution < 1.29 is 13.9 Å². The molecule has 23 heavy (non-hydrogen) atoms. The Balaban J connectivity index is 1.63. The van der Waals surface area contributed by atoms with Gasteiger partial charge < -0.3 is 9.64 Å². The predicted octanol–water partition coefficient (Wildman–Crippen LogP) is 4.13. The highest BCUT2D eigenvalue weighted by Crippen LogP contribution is 2.37. The number of ether oxygens (including phenoxy) is 1. The summed E-state index contributed by atoms with van der Waals surface area (Å²) in [6, 6.07) is 13.2. The average Bonchev–Trinajstić information content (AvgIpc) is 3.04. The summed E-state index contributed by atoms with van der Waals surface area (Å²) < 4.78 is 18.6. The van der Waals surface area contributed by atoms with Gasteiger partial charge in [0.25, 0.3) is 5.91 Å². The summed E-state index contributed by atoms with van der Waals surface area (Å²) in [4.78, 5) is 14.2. The molecule has 120 valence electrons. The lowest BCUT2D eigenvalue weighted by Gasteiger charge is -2.24. The number of hydrogen-bond acceptors (Lipinski definition) is 3. The molecular weight excluding hydrogens is 337 g/mol. The first-order chi connectivity index (χ1) is 11.1. The molecule has 3 nitrogen and oxygen atoms in total. The number of thioether (sulfide) groups is 1. The third-order valence-corrected chi connectivity index (χ3v) is 5.06. The maximum absolute atomic E-state index is 13.0. The SMILES string of the molecule is O=C(COc1ccc(Cl)cc1)N1CCSC1c1ccc(F)cc1. The van der Waals surface area contributed by atoms with Crippen molar-refractivity contribution in [1.82, 2.24) is 4.90 Å². The van der Waals surface area contributed by atoms with Gasteiger partial charge in [0.2, 0.25) is 0 Å². The Hall–Kier alpha value is -1.72. The zero-order valence-corrected chi connectivity index (χ0v) is 13.8. The van der Waals surface area contributed by atoms with Crippen LogP contribution >= 0.6 is 23.4 Å². The molecule has 6 heteroatoms. The summed E-state index contributed by atoms with van der Waals surface area (Å²) >= 11 is 7.49. The van der Waals surface area contributed by atoms with Gasteiger partial charge in [-0.15, -0.1) is 11.8 Å². The van der Waals surface area contributed by atoms with Gasteiger partial charge in [-0.05, 0) is 42.0 Å². The number of amides is 1. The predicted molar refractivity (Wildman–Crippen MR) is 90.3 cm³/mol. The van der Waals surface area contributed by atoms with Gasteiger partial charge >= 0.3 is 0 Å². The van der Waals surface area contributed by atoms with Crippen molar-refractivity contribution in [3.8, 4) is 5.75 Å². The molecule has 1 aliphatic rings. The minimum atomic E-state index is -0.277. The van der Waals surface area contributed by atoms with E-state index in [-0.39, 0.29) is 23.7 Å². The molecule has 0 aliphatic carbocycles. The molecule has 0 spiro atoms. The van der Waals surface area contributed by atoms with E-state index in [9.17, 15) is 9.18 Å². The third-order valence-electron chi connectivity index (χ3n) is 3.54. The monoisotopic (exact) mass is 351 g/mol. The van der Waals surface area contributed by atoms with Crippen LogP contribution in [0.2, 0.25) is 5.02 Å². The van der Waals surface area contributed by atoms with Crippen LogP contribution in [0.15, 0.2) is 48.5 Å². The van der Waals surface area contributed by atoms with E-state index in [4.69, 9.17) is 16.3 Å². The molecule has 0 N–H and O–H groups in total. The van der Waals surface area contributed by atoms with E-state index < -0.39 is 0 Å². The number of carbonyl (C=O) groups excluding carboxylic acids is 1. The van der Waals surface area contributed by atoms with E-state index in [1.807, 2.05) is 0 Å². The van der Waals surface area contributed by atoms with Crippen LogP contribution in [0, 0.1) is 5.82 Å². The van der Waals surface area contributed by atoms with E-state index in [1.165, 1.54) is 12.1 Å². The van der Waals surface area contributed by atoms with Gasteiger partial charge in [0.05, 0.1) is 0 Å². The topological polar surface area (TPSA) is 29.5 Å². The van der Waals surface area contributed by atoms with Crippen molar-refractivity contribution in [1.29, 1.82) is 0 Å². The van der Waals surface area contributed by atoms with Crippen molar-refractivity contribution >= 4 is 29.3 Å². The van der Waals surface area contributed by atoms with Crippen LogP contribution in [-0.4, -0.2) is 29.7 Å². The first kappa shape index (κ1) is 16.1. The van der Waals surface area contributed by atoms with Crippen LogP contribution in [0.1, 0.15) is 10.9 Å². The fraction of sp³-hybridized carbons (Fsp3) is 0.235. The Morgan fingerprint density at radius 1 is 1.22 bits per heavy atom. The Kier molecular flexibility index (Phi) is 5.08. The molecular formula is C17H15ClFNO2S. The average molecular weight is 352 g/mol. The van der Waals surface area contributed by atoms with Crippen LogP contribution in [0.4, 0.5) is 4.39 Å². The fourth-order valence-corrected chi connectivity index (χ4v) is 3.79. The second-order valence-electron chi connectivity index (χ2n) is 5.10.